The van der Waals surface area contributed by atoms with E-state index in [1.54, 1.807) is 0 Å². The number of nitrogens with zero attached hydrogens (tertiary/aromatic N) is 1. The predicted molar refractivity (Wildman–Crippen MR) is 90.2 cm³/mol. The average Bonchev–Trinajstić information content (AvgIpc) is 2.49. The molecular formula is C15H24N4OS. The van der Waals surface area contributed by atoms with Gasteiger partial charge in [-0.05, 0) is 63.4 Å². The highest BCUT2D eigenvalue weighted by atomic mass is 32.1. The normalized spacial score (nSPS) is 10.3. The summed E-state index contributed by atoms with van der Waals surface area (Å²) < 4.78 is 0. The maximum absolute atomic E-state index is 11.9. The smallest absolute Gasteiger partial charge is 0.269 e. The number of aryl methyl sites for hydroxylation is 1. The number of carbonyl (C=O) groups excluding carboxylic acids is 1. The van der Waals surface area contributed by atoms with E-state index in [9.17, 15) is 4.79 Å². The van der Waals surface area contributed by atoms with E-state index < -0.39 is 0 Å². The van der Waals surface area contributed by atoms with E-state index in [-0.39, 0.29) is 5.91 Å². The molecule has 3 N–H and O–H groups in total. The van der Waals surface area contributed by atoms with Crippen molar-refractivity contribution < 1.29 is 4.79 Å². The van der Waals surface area contributed by atoms with Gasteiger partial charge in [0.15, 0.2) is 5.11 Å². The van der Waals surface area contributed by atoms with Crippen LogP contribution in [0.15, 0.2) is 24.3 Å². The Labute approximate surface area is 132 Å². The fourth-order valence-electron chi connectivity index (χ4n) is 1.72. The van der Waals surface area contributed by atoms with Gasteiger partial charge in [0.2, 0.25) is 0 Å². The van der Waals surface area contributed by atoms with Crippen molar-refractivity contribution in [3.8, 4) is 0 Å². The molecule has 0 bridgehead atoms. The number of rotatable bonds is 6. The first-order valence-corrected chi connectivity index (χ1v) is 7.51. The molecule has 1 aromatic rings. The first-order chi connectivity index (χ1) is 10.0. The van der Waals surface area contributed by atoms with Crippen molar-refractivity contribution in [2.75, 3.05) is 27.2 Å². The van der Waals surface area contributed by atoms with Crippen LogP contribution in [-0.4, -0.2) is 43.1 Å². The zero-order chi connectivity index (χ0) is 15.7. The second-order valence-electron chi connectivity index (χ2n) is 5.04. The van der Waals surface area contributed by atoms with Crippen LogP contribution >= 0.6 is 12.2 Å². The fourth-order valence-corrected chi connectivity index (χ4v) is 1.87. The van der Waals surface area contributed by atoms with Crippen LogP contribution in [0.1, 0.15) is 29.3 Å². The predicted octanol–water partition coefficient (Wildman–Crippen LogP) is 1.31. The Kier molecular flexibility index (Phi) is 7.71. The van der Waals surface area contributed by atoms with E-state index in [1.807, 2.05) is 38.4 Å². The maximum atomic E-state index is 11.9. The summed E-state index contributed by atoms with van der Waals surface area (Å²) in [6.07, 6.45) is 1.95. The van der Waals surface area contributed by atoms with Crippen LogP contribution in [0.3, 0.4) is 0 Å². The summed E-state index contributed by atoms with van der Waals surface area (Å²) in [5.74, 6) is -0.199. The molecular weight excluding hydrogens is 284 g/mol. The molecule has 116 valence electrons. The minimum atomic E-state index is -0.199. The molecule has 0 unspecified atom stereocenters. The monoisotopic (exact) mass is 308 g/mol. The molecule has 0 aliphatic heterocycles. The summed E-state index contributed by atoms with van der Waals surface area (Å²) in [6, 6.07) is 7.52. The first kappa shape index (κ1) is 17.4. The van der Waals surface area contributed by atoms with Gasteiger partial charge in [-0.3, -0.25) is 15.6 Å². The summed E-state index contributed by atoms with van der Waals surface area (Å²) in [5, 5.41) is 3.47. The van der Waals surface area contributed by atoms with Crippen LogP contribution in [-0.2, 0) is 6.42 Å². The number of hydrogen-bond donors (Lipinski definition) is 3. The van der Waals surface area contributed by atoms with Crippen LogP contribution in [0.25, 0.3) is 0 Å². The highest BCUT2D eigenvalue weighted by Gasteiger charge is 2.05. The van der Waals surface area contributed by atoms with Crippen molar-refractivity contribution in [2.45, 2.75) is 19.8 Å². The van der Waals surface area contributed by atoms with E-state index in [2.05, 4.69) is 28.0 Å². The van der Waals surface area contributed by atoms with Crippen LogP contribution in [0.5, 0.6) is 0 Å². The van der Waals surface area contributed by atoms with Crippen molar-refractivity contribution >= 4 is 23.2 Å². The van der Waals surface area contributed by atoms with Gasteiger partial charge in [-0.2, -0.15) is 0 Å². The van der Waals surface area contributed by atoms with Gasteiger partial charge in [0, 0.05) is 12.1 Å². The maximum Gasteiger partial charge on any atom is 0.269 e. The van der Waals surface area contributed by atoms with Crippen LogP contribution in [0.4, 0.5) is 0 Å². The highest BCUT2D eigenvalue weighted by Crippen LogP contribution is 2.04. The molecule has 0 aliphatic carbocycles. The van der Waals surface area contributed by atoms with Gasteiger partial charge in [0.05, 0.1) is 0 Å². The minimum absolute atomic E-state index is 0.199. The lowest BCUT2D eigenvalue weighted by Gasteiger charge is -2.13. The molecule has 0 heterocycles. The standard InChI is InChI=1S/C15H24N4OS/c1-4-12-6-8-13(9-7-12)14(20)17-18-15(21)16-10-5-11-19(2)3/h6-9H,4-5,10-11H2,1-3H3,(H,17,20)(H2,16,18,21). The Hall–Kier alpha value is -1.66. The summed E-state index contributed by atoms with van der Waals surface area (Å²) in [6.45, 7) is 3.84. The van der Waals surface area contributed by atoms with Gasteiger partial charge in [0.1, 0.15) is 0 Å². The molecule has 0 aromatic heterocycles. The quantitative estimate of drug-likeness (QED) is 0.420. The molecule has 0 fully saturated rings. The zero-order valence-electron chi connectivity index (χ0n) is 12.9. The van der Waals surface area contributed by atoms with E-state index >= 15 is 0 Å². The minimum Gasteiger partial charge on any atom is -0.361 e. The molecule has 5 nitrogen and oxygen atoms in total. The molecule has 1 aromatic carbocycles. The van der Waals surface area contributed by atoms with Gasteiger partial charge < -0.3 is 10.2 Å². The van der Waals surface area contributed by atoms with Crippen molar-refractivity contribution in [3.05, 3.63) is 35.4 Å². The fraction of sp³-hybridized carbons (Fsp3) is 0.467. The van der Waals surface area contributed by atoms with Gasteiger partial charge in [-0.15, -0.1) is 0 Å². The Morgan fingerprint density at radius 3 is 2.43 bits per heavy atom. The van der Waals surface area contributed by atoms with Crippen LogP contribution in [0.2, 0.25) is 0 Å². The lowest BCUT2D eigenvalue weighted by molar-refractivity contribution is 0.0943. The molecule has 0 atom stereocenters. The molecule has 6 heteroatoms. The molecule has 1 amide bonds. The van der Waals surface area contributed by atoms with Crippen molar-refractivity contribution in [1.82, 2.24) is 21.1 Å². The van der Waals surface area contributed by atoms with Crippen molar-refractivity contribution in [3.63, 3.8) is 0 Å². The van der Waals surface area contributed by atoms with Gasteiger partial charge in [-0.25, -0.2) is 0 Å². The van der Waals surface area contributed by atoms with E-state index in [4.69, 9.17) is 12.2 Å². The van der Waals surface area contributed by atoms with E-state index in [0.29, 0.717) is 10.7 Å². The summed E-state index contributed by atoms with van der Waals surface area (Å²) in [4.78, 5) is 14.0. The molecule has 0 radical (unpaired) electrons. The number of benzene rings is 1. The lowest BCUT2D eigenvalue weighted by atomic mass is 10.1. The number of nitrogens with one attached hydrogen (secondary N) is 3. The highest BCUT2D eigenvalue weighted by molar-refractivity contribution is 7.80. The Balaban J connectivity index is 2.26. The first-order valence-electron chi connectivity index (χ1n) is 7.10. The van der Waals surface area contributed by atoms with Crippen molar-refractivity contribution in [1.29, 1.82) is 0 Å². The topological polar surface area (TPSA) is 56.4 Å². The number of hydrogen-bond acceptors (Lipinski definition) is 3. The third-order valence-corrected chi connectivity index (χ3v) is 3.23. The number of thiocarbonyl (C=S) groups is 1. The lowest BCUT2D eigenvalue weighted by Crippen LogP contribution is -2.47. The second-order valence-corrected chi connectivity index (χ2v) is 5.45. The molecule has 1 rings (SSSR count). The Bertz CT molecular complexity index is 459. The summed E-state index contributed by atoms with van der Waals surface area (Å²) >= 11 is 5.09. The van der Waals surface area contributed by atoms with Gasteiger partial charge >= 0.3 is 0 Å². The average molecular weight is 308 g/mol. The van der Waals surface area contributed by atoms with Gasteiger partial charge in [0.25, 0.3) is 5.91 Å². The van der Waals surface area contributed by atoms with Crippen molar-refractivity contribution in [2.24, 2.45) is 0 Å². The Morgan fingerprint density at radius 2 is 1.86 bits per heavy atom. The van der Waals surface area contributed by atoms with E-state index in [0.717, 1.165) is 25.9 Å². The zero-order valence-corrected chi connectivity index (χ0v) is 13.7. The molecule has 0 saturated heterocycles. The number of amides is 1. The summed E-state index contributed by atoms with van der Waals surface area (Å²) in [5.41, 5.74) is 7.10. The Morgan fingerprint density at radius 1 is 1.19 bits per heavy atom. The SMILES string of the molecule is CCc1ccc(C(=O)NNC(=S)NCCCN(C)C)cc1. The molecule has 21 heavy (non-hydrogen) atoms. The van der Waals surface area contributed by atoms with Crippen LogP contribution < -0.4 is 16.2 Å². The van der Waals surface area contributed by atoms with Gasteiger partial charge in [-0.1, -0.05) is 19.1 Å². The molecule has 0 aliphatic rings. The third kappa shape index (κ3) is 7.06. The molecule has 0 saturated carbocycles. The second kappa shape index (κ2) is 9.31. The molecule has 0 spiro atoms. The van der Waals surface area contributed by atoms with Crippen LogP contribution in [0, 0.1) is 0 Å². The number of carbonyl (C=O) groups is 1. The summed E-state index contributed by atoms with van der Waals surface area (Å²) in [7, 11) is 4.06. The largest absolute Gasteiger partial charge is 0.361 e. The third-order valence-electron chi connectivity index (χ3n) is 2.98. The van der Waals surface area contributed by atoms with E-state index in [1.165, 1.54) is 5.56 Å². The number of hydrazine groups is 1.